The number of thiocarbonyl (C=S) groups is 2. The standard InChI is InChI=1S/C12H16N6S2/c1-13-11(19)17-15-8-10(16-18-12(20)14-2)9-6-4-3-5-7-9/h3-8H,1-2H3,(H2,13,17,19)(H2,14,18,20)/b15-8-,16-10?. The van der Waals surface area contributed by atoms with Crippen molar-refractivity contribution in [2.45, 2.75) is 0 Å². The van der Waals surface area contributed by atoms with E-state index in [1.807, 2.05) is 30.3 Å². The third-order valence-corrected chi connectivity index (χ3v) is 2.75. The fourth-order valence-corrected chi connectivity index (χ4v) is 1.25. The lowest BCUT2D eigenvalue weighted by atomic mass is 10.1. The van der Waals surface area contributed by atoms with Crippen LogP contribution in [0.15, 0.2) is 40.5 Å². The molecular weight excluding hydrogens is 292 g/mol. The van der Waals surface area contributed by atoms with Crippen molar-refractivity contribution in [3.63, 3.8) is 0 Å². The normalized spacial score (nSPS) is 11.0. The first-order valence-electron chi connectivity index (χ1n) is 5.79. The van der Waals surface area contributed by atoms with E-state index in [1.54, 1.807) is 20.3 Å². The summed E-state index contributed by atoms with van der Waals surface area (Å²) in [6.07, 6.45) is 1.56. The van der Waals surface area contributed by atoms with Crippen molar-refractivity contribution in [3.8, 4) is 0 Å². The highest BCUT2D eigenvalue weighted by molar-refractivity contribution is 7.80. The predicted molar refractivity (Wildman–Crippen MR) is 91.1 cm³/mol. The summed E-state index contributed by atoms with van der Waals surface area (Å²) < 4.78 is 0. The Hall–Kier alpha value is -2.06. The van der Waals surface area contributed by atoms with Crippen molar-refractivity contribution >= 4 is 46.6 Å². The smallest absolute Gasteiger partial charge is 0.186 e. The quantitative estimate of drug-likeness (QED) is 0.370. The summed E-state index contributed by atoms with van der Waals surface area (Å²) in [6, 6.07) is 9.61. The minimum absolute atomic E-state index is 0.422. The van der Waals surface area contributed by atoms with E-state index < -0.39 is 0 Å². The maximum Gasteiger partial charge on any atom is 0.186 e. The summed E-state index contributed by atoms with van der Waals surface area (Å²) in [5, 5.41) is 14.6. The van der Waals surface area contributed by atoms with Gasteiger partial charge in [-0.05, 0) is 24.4 Å². The second kappa shape index (κ2) is 8.94. The fourth-order valence-electron chi connectivity index (χ4n) is 1.15. The molecule has 0 saturated heterocycles. The van der Waals surface area contributed by atoms with Crippen LogP contribution in [-0.2, 0) is 0 Å². The van der Waals surface area contributed by atoms with Crippen molar-refractivity contribution < 1.29 is 0 Å². The van der Waals surface area contributed by atoms with Crippen LogP contribution in [0.5, 0.6) is 0 Å². The fraction of sp³-hybridized carbons (Fsp3) is 0.167. The number of hydrazone groups is 2. The van der Waals surface area contributed by atoms with Gasteiger partial charge in [0.05, 0.1) is 6.21 Å². The molecule has 0 heterocycles. The lowest BCUT2D eigenvalue weighted by molar-refractivity contribution is 0.972. The second-order valence-corrected chi connectivity index (χ2v) is 4.32. The molecule has 0 bridgehead atoms. The SMILES string of the molecule is CNC(=S)NN=C(/C=N\NC(=S)NC)c1ccccc1. The van der Waals surface area contributed by atoms with E-state index in [2.05, 4.69) is 31.7 Å². The van der Waals surface area contributed by atoms with Gasteiger partial charge in [0.15, 0.2) is 10.2 Å². The molecule has 0 amide bonds. The average Bonchev–Trinajstić information content (AvgIpc) is 2.50. The number of rotatable bonds is 4. The summed E-state index contributed by atoms with van der Waals surface area (Å²) in [5.74, 6) is 0. The molecule has 0 radical (unpaired) electrons. The molecule has 0 spiro atoms. The molecule has 6 nitrogen and oxygen atoms in total. The lowest BCUT2D eigenvalue weighted by Gasteiger charge is -2.05. The lowest BCUT2D eigenvalue weighted by Crippen LogP contribution is -2.30. The zero-order chi connectivity index (χ0) is 14.8. The molecule has 8 heteroatoms. The number of hydrogen-bond donors (Lipinski definition) is 4. The first kappa shape index (κ1) is 16.0. The van der Waals surface area contributed by atoms with Crippen LogP contribution in [0.25, 0.3) is 0 Å². The molecule has 1 aromatic carbocycles. The van der Waals surface area contributed by atoms with Gasteiger partial charge in [-0.3, -0.25) is 10.9 Å². The highest BCUT2D eigenvalue weighted by Crippen LogP contribution is 1.99. The third kappa shape index (κ3) is 5.72. The Labute approximate surface area is 128 Å². The Bertz CT molecular complexity index is 512. The summed E-state index contributed by atoms with van der Waals surface area (Å²) in [7, 11) is 3.43. The molecule has 106 valence electrons. The van der Waals surface area contributed by atoms with E-state index in [4.69, 9.17) is 24.4 Å². The number of hydrogen-bond acceptors (Lipinski definition) is 4. The van der Waals surface area contributed by atoms with E-state index in [-0.39, 0.29) is 0 Å². The van der Waals surface area contributed by atoms with E-state index in [9.17, 15) is 0 Å². The van der Waals surface area contributed by atoms with Gasteiger partial charge in [-0.25, -0.2) is 0 Å². The summed E-state index contributed by atoms with van der Waals surface area (Å²) >= 11 is 9.90. The van der Waals surface area contributed by atoms with Gasteiger partial charge in [-0.2, -0.15) is 10.2 Å². The molecule has 0 aromatic heterocycles. The highest BCUT2D eigenvalue weighted by Gasteiger charge is 2.00. The van der Waals surface area contributed by atoms with Crippen LogP contribution in [0.2, 0.25) is 0 Å². The van der Waals surface area contributed by atoms with Crippen LogP contribution < -0.4 is 21.5 Å². The van der Waals surface area contributed by atoms with Gasteiger partial charge >= 0.3 is 0 Å². The van der Waals surface area contributed by atoms with Crippen LogP contribution in [0.1, 0.15) is 5.56 Å². The van der Waals surface area contributed by atoms with E-state index in [0.29, 0.717) is 15.9 Å². The van der Waals surface area contributed by atoms with Crippen molar-refractivity contribution in [2.75, 3.05) is 14.1 Å². The molecule has 0 atom stereocenters. The highest BCUT2D eigenvalue weighted by atomic mass is 32.1. The van der Waals surface area contributed by atoms with Gasteiger partial charge in [0.25, 0.3) is 0 Å². The maximum atomic E-state index is 4.98. The average molecular weight is 308 g/mol. The van der Waals surface area contributed by atoms with E-state index in [1.165, 1.54) is 0 Å². The van der Waals surface area contributed by atoms with Crippen LogP contribution in [0.4, 0.5) is 0 Å². The van der Waals surface area contributed by atoms with Crippen molar-refractivity contribution in [2.24, 2.45) is 10.2 Å². The topological polar surface area (TPSA) is 72.8 Å². The first-order chi connectivity index (χ1) is 9.67. The molecule has 0 aliphatic heterocycles. The Morgan fingerprint density at radius 2 is 1.60 bits per heavy atom. The zero-order valence-electron chi connectivity index (χ0n) is 11.2. The Morgan fingerprint density at radius 1 is 1.00 bits per heavy atom. The number of benzene rings is 1. The van der Waals surface area contributed by atoms with Crippen molar-refractivity contribution in [1.82, 2.24) is 21.5 Å². The molecular formula is C12H16N6S2. The van der Waals surface area contributed by atoms with E-state index >= 15 is 0 Å². The molecule has 0 fully saturated rings. The molecule has 1 aromatic rings. The molecule has 1 rings (SSSR count). The minimum atomic E-state index is 0.422. The van der Waals surface area contributed by atoms with Gasteiger partial charge in [-0.1, -0.05) is 30.3 Å². The van der Waals surface area contributed by atoms with Crippen LogP contribution in [-0.4, -0.2) is 36.2 Å². The molecule has 20 heavy (non-hydrogen) atoms. The monoisotopic (exact) mass is 308 g/mol. The molecule has 0 aliphatic carbocycles. The first-order valence-corrected chi connectivity index (χ1v) is 6.60. The van der Waals surface area contributed by atoms with Crippen LogP contribution in [0, 0.1) is 0 Å². The number of nitrogens with zero attached hydrogens (tertiary/aromatic N) is 2. The summed E-state index contributed by atoms with van der Waals surface area (Å²) in [5.41, 5.74) is 6.91. The predicted octanol–water partition coefficient (Wildman–Crippen LogP) is 0.564. The van der Waals surface area contributed by atoms with Gasteiger partial charge < -0.3 is 10.6 Å². The minimum Gasteiger partial charge on any atom is -0.364 e. The van der Waals surface area contributed by atoms with E-state index in [0.717, 1.165) is 5.56 Å². The third-order valence-electron chi connectivity index (χ3n) is 2.15. The maximum absolute atomic E-state index is 4.98. The van der Waals surface area contributed by atoms with Gasteiger partial charge in [0.2, 0.25) is 0 Å². The van der Waals surface area contributed by atoms with Gasteiger partial charge in [0.1, 0.15) is 5.71 Å². The second-order valence-electron chi connectivity index (χ2n) is 3.50. The molecule has 4 N–H and O–H groups in total. The summed E-state index contributed by atoms with van der Waals surface area (Å²) in [4.78, 5) is 0. The van der Waals surface area contributed by atoms with Crippen LogP contribution in [0.3, 0.4) is 0 Å². The largest absolute Gasteiger partial charge is 0.364 e. The van der Waals surface area contributed by atoms with Gasteiger partial charge in [-0.15, -0.1) is 0 Å². The number of nitrogens with one attached hydrogen (secondary N) is 4. The van der Waals surface area contributed by atoms with Gasteiger partial charge in [0, 0.05) is 19.7 Å². The zero-order valence-corrected chi connectivity index (χ0v) is 12.8. The molecule has 0 unspecified atom stereocenters. The molecule has 0 saturated carbocycles. The summed E-state index contributed by atoms with van der Waals surface area (Å²) in [6.45, 7) is 0. The van der Waals surface area contributed by atoms with Crippen molar-refractivity contribution in [3.05, 3.63) is 35.9 Å². The van der Waals surface area contributed by atoms with Crippen molar-refractivity contribution in [1.29, 1.82) is 0 Å². The van der Waals surface area contributed by atoms with Crippen LogP contribution >= 0.6 is 24.4 Å². The Balaban J connectivity index is 2.85. The molecule has 0 aliphatic rings. The Morgan fingerprint density at radius 3 is 2.20 bits per heavy atom. The Kier molecular flexibility index (Phi) is 7.15.